The second-order valence-electron chi connectivity index (χ2n) is 15.7. The van der Waals surface area contributed by atoms with Crippen LogP contribution < -0.4 is 29.0 Å². The number of nitrogens with one attached hydrogen (secondary N) is 1. The first-order valence-electron chi connectivity index (χ1n) is 19.4. The highest BCUT2D eigenvalue weighted by molar-refractivity contribution is 7.99. The molecule has 7 atom stereocenters. The van der Waals surface area contributed by atoms with E-state index in [9.17, 15) is 25.1 Å². The second-order valence-corrected chi connectivity index (χ2v) is 16.9. The number of likely N-dealkylation sites (N-methyl/N-ethyl adjacent to an activating group) is 1. The van der Waals surface area contributed by atoms with Crippen molar-refractivity contribution in [3.63, 3.8) is 0 Å². The van der Waals surface area contributed by atoms with E-state index in [4.69, 9.17) is 28.4 Å². The van der Waals surface area contributed by atoms with Gasteiger partial charge in [0.05, 0.1) is 37.6 Å². The second kappa shape index (κ2) is 13.9. The number of rotatable bonds is 5. The lowest BCUT2D eigenvalue weighted by molar-refractivity contribution is -0.157. The minimum absolute atomic E-state index is 0.0216. The molecule has 3 N–H and O–H groups in total. The van der Waals surface area contributed by atoms with E-state index in [-0.39, 0.29) is 48.9 Å². The monoisotopic (exact) mass is 798 g/mol. The molecule has 0 amide bonds. The standard InChI is InChI=1S/C42H46N4O10S/c1-7-8-29(48)56-37-20(3)38-39(55-18-54-38)31-26-16-53-41(50)42(23-14-28(51-5)27(47)13-21(23)9-10-44-42)17-57-40(32(31)37)34-33-30-22(11-19(2)36(52-6)35(30)49)12-24(45(33)4)25(15-43)46(26)34/h11,13-14,24-26,33-34,40,44,47,49H,7-10,12,16-18H2,1-6H3/t24-,25-,26-,33+,34?,40+,42+/m0/s1. The number of piperazine rings is 1. The summed E-state index contributed by atoms with van der Waals surface area (Å²) in [4.78, 5) is 32.7. The van der Waals surface area contributed by atoms with Crippen LogP contribution in [0.25, 0.3) is 0 Å². The van der Waals surface area contributed by atoms with Crippen molar-refractivity contribution in [2.75, 3.05) is 47.0 Å². The van der Waals surface area contributed by atoms with Crippen LogP contribution in [0.4, 0.5) is 0 Å². The highest BCUT2D eigenvalue weighted by Gasteiger charge is 2.62. The molecule has 7 aliphatic heterocycles. The lowest BCUT2D eigenvalue weighted by Crippen LogP contribution is -2.69. The van der Waals surface area contributed by atoms with E-state index in [1.54, 1.807) is 19.2 Å². The van der Waals surface area contributed by atoms with Crippen molar-refractivity contribution in [2.45, 2.75) is 87.5 Å². The highest BCUT2D eigenvalue weighted by Crippen LogP contribution is 2.64. The van der Waals surface area contributed by atoms with Gasteiger partial charge in [-0.3, -0.25) is 19.9 Å². The Kier molecular flexibility index (Phi) is 9.19. The van der Waals surface area contributed by atoms with Gasteiger partial charge in [0.2, 0.25) is 6.79 Å². The Bertz CT molecular complexity index is 2260. The summed E-state index contributed by atoms with van der Waals surface area (Å²) in [6, 6.07) is 5.31. The Morgan fingerprint density at radius 2 is 1.86 bits per heavy atom. The van der Waals surface area contributed by atoms with Gasteiger partial charge in [-0.15, -0.1) is 11.8 Å². The van der Waals surface area contributed by atoms with Crippen molar-refractivity contribution in [1.82, 2.24) is 15.1 Å². The van der Waals surface area contributed by atoms with Gasteiger partial charge in [0.25, 0.3) is 0 Å². The smallest absolute Gasteiger partial charge is 0.331 e. The van der Waals surface area contributed by atoms with Crippen molar-refractivity contribution < 1.29 is 48.2 Å². The fourth-order valence-electron chi connectivity index (χ4n) is 10.4. The Balaban J connectivity index is 1.33. The lowest BCUT2D eigenvalue weighted by atomic mass is 9.71. The van der Waals surface area contributed by atoms with Crippen molar-refractivity contribution in [3.05, 3.63) is 62.7 Å². The van der Waals surface area contributed by atoms with Crippen molar-refractivity contribution in [1.29, 1.82) is 5.26 Å². The molecule has 7 heterocycles. The van der Waals surface area contributed by atoms with E-state index in [2.05, 4.69) is 21.2 Å². The number of phenols is 2. The van der Waals surface area contributed by atoms with Crippen molar-refractivity contribution >= 4 is 23.7 Å². The number of methoxy groups -OCH3 is 2. The molecule has 57 heavy (non-hydrogen) atoms. The minimum atomic E-state index is -1.36. The molecule has 300 valence electrons. The van der Waals surface area contributed by atoms with E-state index in [1.807, 2.05) is 33.9 Å². The summed E-state index contributed by atoms with van der Waals surface area (Å²) in [7, 11) is 5.01. The summed E-state index contributed by atoms with van der Waals surface area (Å²) in [6.07, 6.45) is 1.83. The number of fused-ring (bicyclic) bond motifs is 9. The van der Waals surface area contributed by atoms with E-state index >= 15 is 0 Å². The molecule has 0 saturated carbocycles. The number of benzene rings is 3. The molecule has 0 aliphatic carbocycles. The number of hydrogen-bond donors (Lipinski definition) is 3. The molecule has 0 aromatic heterocycles. The number of ether oxygens (including phenoxy) is 6. The van der Waals surface area contributed by atoms with Crippen LogP contribution >= 0.6 is 11.8 Å². The van der Waals surface area contributed by atoms with E-state index in [0.29, 0.717) is 76.6 Å². The van der Waals surface area contributed by atoms with Crippen LogP contribution in [-0.4, -0.2) is 97.0 Å². The molecular weight excluding hydrogens is 753 g/mol. The number of hydrogen-bond acceptors (Lipinski definition) is 15. The molecule has 14 nitrogen and oxygen atoms in total. The maximum atomic E-state index is 14.8. The topological polar surface area (TPSA) is 172 Å². The van der Waals surface area contributed by atoms with Crippen LogP contribution in [0.2, 0.25) is 0 Å². The third-order valence-corrected chi connectivity index (χ3v) is 14.3. The molecule has 1 unspecified atom stereocenters. The first kappa shape index (κ1) is 37.7. The molecule has 3 aromatic rings. The van der Waals surface area contributed by atoms with Gasteiger partial charge in [0.1, 0.15) is 18.4 Å². The molecule has 0 radical (unpaired) electrons. The van der Waals surface area contributed by atoms with E-state index in [0.717, 1.165) is 16.7 Å². The third kappa shape index (κ3) is 5.33. The summed E-state index contributed by atoms with van der Waals surface area (Å²) in [6.45, 7) is 5.88. The molecule has 2 saturated heterocycles. The number of aryl methyl sites for hydroxylation is 1. The number of carbonyl (C=O) groups is 2. The Hall–Kier alpha value is -4.88. The quantitative estimate of drug-likeness (QED) is 0.238. The molecule has 4 bridgehead atoms. The summed E-state index contributed by atoms with van der Waals surface area (Å²) in [5.41, 5.74) is 4.48. The maximum absolute atomic E-state index is 14.8. The summed E-state index contributed by atoms with van der Waals surface area (Å²) < 4.78 is 36.5. The fraction of sp³-hybridized carbons (Fsp3) is 0.500. The summed E-state index contributed by atoms with van der Waals surface area (Å²) >= 11 is 1.49. The van der Waals surface area contributed by atoms with Crippen LogP contribution in [0, 0.1) is 25.2 Å². The number of thioether (sulfide) groups is 1. The number of aromatic hydroxyl groups is 2. The average molecular weight is 799 g/mol. The summed E-state index contributed by atoms with van der Waals surface area (Å²) in [5.74, 6) is 1.16. The highest BCUT2D eigenvalue weighted by atomic mass is 32.2. The zero-order chi connectivity index (χ0) is 40.1. The van der Waals surface area contributed by atoms with Gasteiger partial charge in [-0.05, 0) is 74.5 Å². The lowest BCUT2D eigenvalue weighted by Gasteiger charge is -2.62. The van der Waals surface area contributed by atoms with Gasteiger partial charge < -0.3 is 38.6 Å². The van der Waals surface area contributed by atoms with Gasteiger partial charge in [0.15, 0.2) is 40.0 Å². The van der Waals surface area contributed by atoms with Crippen LogP contribution in [0.15, 0.2) is 18.2 Å². The Labute approximate surface area is 334 Å². The first-order valence-corrected chi connectivity index (χ1v) is 20.4. The first-order chi connectivity index (χ1) is 27.5. The average Bonchev–Trinajstić information content (AvgIpc) is 3.68. The normalized spacial score (nSPS) is 28.3. The van der Waals surface area contributed by atoms with Gasteiger partial charge in [-0.2, -0.15) is 5.26 Å². The van der Waals surface area contributed by atoms with E-state index in [1.165, 1.54) is 18.9 Å². The maximum Gasteiger partial charge on any atom is 0.331 e. The van der Waals surface area contributed by atoms with Gasteiger partial charge in [-0.25, -0.2) is 4.79 Å². The zero-order valence-corrected chi connectivity index (χ0v) is 33.6. The minimum Gasteiger partial charge on any atom is -0.504 e. The van der Waals surface area contributed by atoms with Crippen LogP contribution in [0.5, 0.6) is 40.2 Å². The molecule has 3 aromatic carbocycles. The SMILES string of the molecule is CCCC(=O)Oc1c(C)c2c(c3c1[C@H]1SC[C@]4(NCCc5cc(O)c(OC)cc54)C(=O)OC[C@@H]3N3C1[C@H]1c4c(cc(C)c(OC)c4O)C[C@@H]([C@@H]3C#N)N1C)OCO2. The van der Waals surface area contributed by atoms with Gasteiger partial charge in [0, 0.05) is 53.1 Å². The van der Waals surface area contributed by atoms with Crippen LogP contribution in [0.1, 0.15) is 81.6 Å². The third-order valence-electron chi connectivity index (χ3n) is 12.9. The van der Waals surface area contributed by atoms with Gasteiger partial charge >= 0.3 is 11.9 Å². The number of nitrogens with zero attached hydrogens (tertiary/aromatic N) is 3. The Morgan fingerprint density at radius 3 is 2.60 bits per heavy atom. The Morgan fingerprint density at radius 1 is 1.07 bits per heavy atom. The fourth-order valence-corrected chi connectivity index (χ4v) is 12.1. The molecule has 15 heteroatoms. The van der Waals surface area contributed by atoms with Crippen molar-refractivity contribution in [2.24, 2.45) is 0 Å². The largest absolute Gasteiger partial charge is 0.504 e. The number of carbonyl (C=O) groups excluding carboxylic acids is 2. The van der Waals surface area contributed by atoms with Crippen LogP contribution in [-0.2, 0) is 32.7 Å². The molecule has 10 rings (SSSR count). The van der Waals surface area contributed by atoms with Gasteiger partial charge in [-0.1, -0.05) is 13.0 Å². The predicted octanol–water partition coefficient (Wildman–Crippen LogP) is 4.77. The number of esters is 2. The van der Waals surface area contributed by atoms with Crippen molar-refractivity contribution in [3.8, 4) is 46.3 Å². The van der Waals surface area contributed by atoms with E-state index < -0.39 is 46.9 Å². The molecule has 7 aliphatic rings. The molecule has 1 spiro atoms. The summed E-state index contributed by atoms with van der Waals surface area (Å²) in [5, 5.41) is 37.0. The molecule has 2 fully saturated rings. The molecular formula is C42H46N4O10S. The van der Waals surface area contributed by atoms with Crippen LogP contribution in [0.3, 0.4) is 0 Å². The number of nitriles is 1. The number of phenolic OH excluding ortho intramolecular Hbond substituents is 2. The predicted molar refractivity (Wildman–Crippen MR) is 207 cm³/mol. The zero-order valence-electron chi connectivity index (χ0n) is 32.8.